The summed E-state index contributed by atoms with van der Waals surface area (Å²) in [5.74, 6) is 1.64. The zero-order valence-corrected chi connectivity index (χ0v) is 19.7. The van der Waals surface area contributed by atoms with Gasteiger partial charge in [0.15, 0.2) is 0 Å². The van der Waals surface area contributed by atoms with E-state index in [2.05, 4.69) is 13.8 Å². The van der Waals surface area contributed by atoms with Crippen LogP contribution in [-0.4, -0.2) is 53.0 Å². The number of nitrogens with zero attached hydrogens (tertiary/aromatic N) is 4. The molecule has 2 aromatic carbocycles. The van der Waals surface area contributed by atoms with Gasteiger partial charge >= 0.3 is 0 Å². The van der Waals surface area contributed by atoms with E-state index in [1.807, 2.05) is 58.0 Å². The molecule has 174 valence electrons. The van der Waals surface area contributed by atoms with Crippen LogP contribution in [0.25, 0.3) is 11.0 Å². The van der Waals surface area contributed by atoms with Crippen molar-refractivity contribution in [3.05, 3.63) is 54.4 Å². The average molecular weight is 449 g/mol. The predicted molar refractivity (Wildman–Crippen MR) is 130 cm³/mol. The lowest BCUT2D eigenvalue weighted by molar-refractivity contribution is -0.131. The van der Waals surface area contributed by atoms with E-state index in [0.29, 0.717) is 13.0 Å². The average Bonchev–Trinajstić information content (AvgIpc) is 3.39. The van der Waals surface area contributed by atoms with Crippen molar-refractivity contribution >= 4 is 28.5 Å². The summed E-state index contributed by atoms with van der Waals surface area (Å²) in [6.07, 6.45) is 2.23. The van der Waals surface area contributed by atoms with Crippen LogP contribution in [0.1, 0.15) is 44.9 Å². The molecule has 0 N–H and O–H groups in total. The molecule has 33 heavy (non-hydrogen) atoms. The van der Waals surface area contributed by atoms with Gasteiger partial charge in [-0.15, -0.1) is 0 Å². The molecule has 2 heterocycles. The molecule has 1 aliphatic rings. The van der Waals surface area contributed by atoms with Gasteiger partial charge < -0.3 is 19.1 Å². The molecule has 4 rings (SSSR count). The number of carbonyl (C=O) groups is 2. The van der Waals surface area contributed by atoms with E-state index >= 15 is 0 Å². The van der Waals surface area contributed by atoms with Gasteiger partial charge in [0.25, 0.3) is 0 Å². The van der Waals surface area contributed by atoms with E-state index in [9.17, 15) is 9.59 Å². The summed E-state index contributed by atoms with van der Waals surface area (Å²) < 4.78 is 7.26. The molecule has 1 fully saturated rings. The normalized spacial score (nSPS) is 15.9. The quantitative estimate of drug-likeness (QED) is 0.492. The second-order valence-electron chi connectivity index (χ2n) is 8.53. The summed E-state index contributed by atoms with van der Waals surface area (Å²) in [4.78, 5) is 34.7. The van der Waals surface area contributed by atoms with E-state index < -0.39 is 0 Å². The number of methoxy groups -OCH3 is 1. The fourth-order valence-corrected chi connectivity index (χ4v) is 4.60. The summed E-state index contributed by atoms with van der Waals surface area (Å²) in [5.41, 5.74) is 2.64. The van der Waals surface area contributed by atoms with Gasteiger partial charge in [-0.1, -0.05) is 26.0 Å². The van der Waals surface area contributed by atoms with Crippen LogP contribution in [0.2, 0.25) is 0 Å². The van der Waals surface area contributed by atoms with Gasteiger partial charge in [0.2, 0.25) is 11.8 Å². The van der Waals surface area contributed by atoms with Crippen LogP contribution in [0.15, 0.2) is 48.5 Å². The SMILES string of the molecule is CCCN(CCC)C(=O)Cn1c(C2CC(=O)N(c3ccc(OC)cc3)C2)nc2ccccc21. The lowest BCUT2D eigenvalue weighted by atomic mass is 10.1. The summed E-state index contributed by atoms with van der Waals surface area (Å²) in [6, 6.07) is 15.4. The molecular weight excluding hydrogens is 416 g/mol. The minimum Gasteiger partial charge on any atom is -0.497 e. The molecule has 1 aromatic heterocycles. The molecule has 1 atom stereocenters. The maximum absolute atomic E-state index is 13.2. The summed E-state index contributed by atoms with van der Waals surface area (Å²) >= 11 is 0. The monoisotopic (exact) mass is 448 g/mol. The van der Waals surface area contributed by atoms with Gasteiger partial charge in [-0.2, -0.15) is 0 Å². The molecule has 0 spiro atoms. The number of rotatable bonds is 9. The third kappa shape index (κ3) is 4.72. The van der Waals surface area contributed by atoms with Gasteiger partial charge in [-0.3, -0.25) is 9.59 Å². The van der Waals surface area contributed by atoms with E-state index in [4.69, 9.17) is 9.72 Å². The molecule has 0 radical (unpaired) electrons. The molecule has 0 saturated carbocycles. The van der Waals surface area contributed by atoms with Crippen LogP contribution in [0.4, 0.5) is 5.69 Å². The van der Waals surface area contributed by atoms with Crippen molar-refractivity contribution in [3.63, 3.8) is 0 Å². The number of hydrogen-bond donors (Lipinski definition) is 0. The number of anilines is 1. The van der Waals surface area contributed by atoms with Gasteiger partial charge in [0.05, 0.1) is 18.1 Å². The molecule has 1 aliphatic heterocycles. The van der Waals surface area contributed by atoms with Crippen LogP contribution in [-0.2, 0) is 16.1 Å². The first-order valence-corrected chi connectivity index (χ1v) is 11.7. The number of aromatic nitrogens is 2. The maximum Gasteiger partial charge on any atom is 0.242 e. The first-order chi connectivity index (χ1) is 16.0. The molecule has 7 nitrogen and oxygen atoms in total. The number of benzene rings is 2. The lowest BCUT2D eigenvalue weighted by Crippen LogP contribution is -2.35. The maximum atomic E-state index is 13.2. The summed E-state index contributed by atoms with van der Waals surface area (Å²) in [6.45, 7) is 6.46. The molecule has 3 aromatic rings. The fourth-order valence-electron chi connectivity index (χ4n) is 4.60. The zero-order chi connectivity index (χ0) is 23.4. The Kier molecular flexibility index (Phi) is 6.96. The first-order valence-electron chi connectivity index (χ1n) is 11.7. The van der Waals surface area contributed by atoms with Crippen molar-refractivity contribution in [1.29, 1.82) is 0 Å². The highest BCUT2D eigenvalue weighted by Crippen LogP contribution is 2.33. The van der Waals surface area contributed by atoms with Crippen LogP contribution < -0.4 is 9.64 Å². The van der Waals surface area contributed by atoms with Crippen LogP contribution >= 0.6 is 0 Å². The van der Waals surface area contributed by atoms with Gasteiger partial charge in [0, 0.05) is 37.7 Å². The Morgan fingerprint density at radius 1 is 1.09 bits per heavy atom. The molecule has 0 aliphatic carbocycles. The topological polar surface area (TPSA) is 67.7 Å². The summed E-state index contributed by atoms with van der Waals surface area (Å²) in [7, 11) is 1.62. The number of para-hydroxylation sites is 2. The Balaban J connectivity index is 1.63. The van der Waals surface area contributed by atoms with Crippen molar-refractivity contribution in [1.82, 2.24) is 14.5 Å². The highest BCUT2D eigenvalue weighted by Gasteiger charge is 2.35. The van der Waals surface area contributed by atoms with E-state index in [0.717, 1.165) is 54.2 Å². The summed E-state index contributed by atoms with van der Waals surface area (Å²) in [5, 5.41) is 0. The molecular formula is C26H32N4O3. The number of imidazole rings is 1. The van der Waals surface area contributed by atoms with E-state index in [1.165, 1.54) is 0 Å². The predicted octanol–water partition coefficient (Wildman–Crippen LogP) is 4.21. The second-order valence-corrected chi connectivity index (χ2v) is 8.53. The first kappa shape index (κ1) is 22.8. The van der Waals surface area contributed by atoms with Gasteiger partial charge in [0.1, 0.15) is 18.1 Å². The van der Waals surface area contributed by atoms with Crippen molar-refractivity contribution in [2.75, 3.05) is 31.6 Å². The Morgan fingerprint density at radius 2 is 1.79 bits per heavy atom. The molecule has 1 unspecified atom stereocenters. The fraction of sp³-hybridized carbons (Fsp3) is 0.423. The van der Waals surface area contributed by atoms with Crippen molar-refractivity contribution < 1.29 is 14.3 Å². The standard InChI is InChI=1S/C26H32N4O3/c1-4-14-28(15-5-2)25(32)18-30-23-9-7-6-8-22(23)27-26(30)19-16-24(31)29(17-19)20-10-12-21(33-3)13-11-20/h6-13,19H,4-5,14-18H2,1-3H3. The zero-order valence-electron chi connectivity index (χ0n) is 19.7. The highest BCUT2D eigenvalue weighted by atomic mass is 16.5. The van der Waals surface area contributed by atoms with Crippen molar-refractivity contribution in [3.8, 4) is 5.75 Å². The number of carbonyl (C=O) groups excluding carboxylic acids is 2. The minimum absolute atomic E-state index is 0.0636. The smallest absolute Gasteiger partial charge is 0.242 e. The second kappa shape index (κ2) is 10.1. The lowest BCUT2D eigenvalue weighted by Gasteiger charge is -2.23. The minimum atomic E-state index is -0.0781. The van der Waals surface area contributed by atoms with E-state index in [-0.39, 0.29) is 24.3 Å². The van der Waals surface area contributed by atoms with Gasteiger partial charge in [-0.25, -0.2) is 4.98 Å². The number of ether oxygens (including phenoxy) is 1. The van der Waals surface area contributed by atoms with Crippen LogP contribution in [0, 0.1) is 0 Å². The Labute approximate surface area is 195 Å². The third-order valence-electron chi connectivity index (χ3n) is 6.19. The van der Waals surface area contributed by atoms with Crippen LogP contribution in [0.5, 0.6) is 5.75 Å². The molecule has 7 heteroatoms. The van der Waals surface area contributed by atoms with Crippen molar-refractivity contribution in [2.24, 2.45) is 0 Å². The number of hydrogen-bond acceptors (Lipinski definition) is 4. The highest BCUT2D eigenvalue weighted by molar-refractivity contribution is 5.96. The molecule has 1 saturated heterocycles. The number of amides is 2. The molecule has 0 bridgehead atoms. The largest absolute Gasteiger partial charge is 0.497 e. The van der Waals surface area contributed by atoms with Gasteiger partial charge in [-0.05, 0) is 49.2 Å². The number of fused-ring (bicyclic) bond motifs is 1. The van der Waals surface area contributed by atoms with E-state index in [1.54, 1.807) is 12.0 Å². The Morgan fingerprint density at radius 3 is 2.45 bits per heavy atom. The van der Waals surface area contributed by atoms with Crippen molar-refractivity contribution in [2.45, 2.75) is 45.6 Å². The Bertz CT molecular complexity index is 1120. The molecule has 2 amide bonds. The Hall–Kier alpha value is -3.35. The third-order valence-corrected chi connectivity index (χ3v) is 6.19. The van der Waals surface area contributed by atoms with Crippen LogP contribution in [0.3, 0.4) is 0 Å².